The molecule has 1 saturated carbocycles. The van der Waals surface area contributed by atoms with Gasteiger partial charge in [0.2, 0.25) is 5.91 Å². The number of hydrogen-bond donors (Lipinski definition) is 2. The van der Waals surface area contributed by atoms with E-state index in [-0.39, 0.29) is 17.5 Å². The fourth-order valence-corrected chi connectivity index (χ4v) is 3.38. The van der Waals surface area contributed by atoms with Crippen LogP contribution in [0.25, 0.3) is 0 Å². The van der Waals surface area contributed by atoms with E-state index in [9.17, 15) is 14.4 Å². The van der Waals surface area contributed by atoms with Crippen molar-refractivity contribution in [3.8, 4) is 0 Å². The van der Waals surface area contributed by atoms with E-state index in [1.54, 1.807) is 12.3 Å². The van der Waals surface area contributed by atoms with Gasteiger partial charge in [-0.15, -0.1) is 0 Å². The Morgan fingerprint density at radius 1 is 1.38 bits per heavy atom. The number of urea groups is 1. The highest BCUT2D eigenvalue weighted by Gasteiger charge is 2.23. The third-order valence-corrected chi connectivity index (χ3v) is 4.84. The van der Waals surface area contributed by atoms with E-state index >= 15 is 0 Å². The van der Waals surface area contributed by atoms with E-state index < -0.39 is 11.9 Å². The number of nitrogens with zero attached hydrogens (tertiary/aromatic N) is 1. The van der Waals surface area contributed by atoms with Gasteiger partial charge in [-0.25, -0.2) is 4.79 Å². The maximum atomic E-state index is 11.8. The molecule has 1 aliphatic carbocycles. The van der Waals surface area contributed by atoms with Crippen molar-refractivity contribution in [1.29, 1.82) is 0 Å². The Morgan fingerprint density at radius 2 is 2.10 bits per heavy atom. The number of aromatic nitrogens is 1. The van der Waals surface area contributed by atoms with Gasteiger partial charge in [0.25, 0.3) is 0 Å². The van der Waals surface area contributed by atoms with Crippen molar-refractivity contribution in [2.45, 2.75) is 52.1 Å². The normalized spacial score (nSPS) is 21.8. The van der Waals surface area contributed by atoms with Gasteiger partial charge in [-0.3, -0.25) is 19.5 Å². The van der Waals surface area contributed by atoms with E-state index in [2.05, 4.69) is 17.6 Å². The maximum absolute atomic E-state index is 11.8. The van der Waals surface area contributed by atoms with Gasteiger partial charge in [0.1, 0.15) is 6.54 Å². The first-order chi connectivity index (χ1) is 9.97. The van der Waals surface area contributed by atoms with Gasteiger partial charge in [-0.1, -0.05) is 31.1 Å². The first kappa shape index (κ1) is 15.8. The van der Waals surface area contributed by atoms with Crippen molar-refractivity contribution in [2.24, 2.45) is 5.92 Å². The van der Waals surface area contributed by atoms with Crippen LogP contribution in [0.15, 0.2) is 10.2 Å². The Labute approximate surface area is 127 Å². The van der Waals surface area contributed by atoms with Gasteiger partial charge in [0.05, 0.1) is 0 Å². The van der Waals surface area contributed by atoms with Crippen LogP contribution < -0.4 is 15.5 Å². The predicted octanol–water partition coefficient (Wildman–Crippen LogP) is 1.62. The lowest BCUT2D eigenvalue weighted by molar-refractivity contribution is -0.120. The summed E-state index contributed by atoms with van der Waals surface area (Å²) in [5, 5.41) is 6.84. The smallest absolute Gasteiger partial charge is 0.321 e. The van der Waals surface area contributed by atoms with Crippen LogP contribution >= 0.6 is 11.3 Å². The first-order valence-electron chi connectivity index (χ1n) is 7.22. The Hall–Kier alpha value is -1.63. The fraction of sp³-hybridized carbons (Fsp3) is 0.643. The molecule has 6 nitrogen and oxygen atoms in total. The Morgan fingerprint density at radius 3 is 2.71 bits per heavy atom. The van der Waals surface area contributed by atoms with Crippen LogP contribution in [0.4, 0.5) is 4.79 Å². The molecule has 1 fully saturated rings. The quantitative estimate of drug-likeness (QED) is 0.890. The molecule has 1 aromatic heterocycles. The standard InChI is InChI=1S/C14H21N3O3S/c1-9-5-3-4-6-11(9)15-13(19)16-12(18)7-17-10(2)8-21-14(17)20/h8-9,11H,3-7H2,1-2H3,(H2,15,16,18,19)/t9-,11+/m0/s1. The minimum Gasteiger partial charge on any atom is -0.335 e. The van der Waals surface area contributed by atoms with E-state index in [1.807, 2.05) is 0 Å². The molecule has 3 amide bonds. The number of rotatable bonds is 3. The summed E-state index contributed by atoms with van der Waals surface area (Å²) in [6.07, 6.45) is 4.35. The summed E-state index contributed by atoms with van der Waals surface area (Å²) in [5.41, 5.74) is 0.724. The second-order valence-electron chi connectivity index (χ2n) is 5.62. The molecule has 1 aliphatic rings. The van der Waals surface area contributed by atoms with Crippen molar-refractivity contribution in [3.63, 3.8) is 0 Å². The van der Waals surface area contributed by atoms with E-state index in [0.29, 0.717) is 5.92 Å². The topological polar surface area (TPSA) is 80.2 Å². The van der Waals surface area contributed by atoms with Gasteiger partial charge in [0.15, 0.2) is 0 Å². The highest BCUT2D eigenvalue weighted by Crippen LogP contribution is 2.23. The number of hydrogen-bond acceptors (Lipinski definition) is 4. The van der Waals surface area contributed by atoms with E-state index in [1.165, 1.54) is 11.0 Å². The van der Waals surface area contributed by atoms with Crippen LogP contribution in [0.2, 0.25) is 0 Å². The molecule has 1 heterocycles. The van der Waals surface area contributed by atoms with Crippen molar-refractivity contribution in [3.05, 3.63) is 20.7 Å². The lowest BCUT2D eigenvalue weighted by atomic mass is 9.86. The molecule has 116 valence electrons. The Balaban J connectivity index is 1.85. The molecule has 7 heteroatoms. The summed E-state index contributed by atoms with van der Waals surface area (Å²) in [5.74, 6) is -0.0408. The van der Waals surface area contributed by atoms with Crippen LogP contribution in [0.1, 0.15) is 38.3 Å². The van der Waals surface area contributed by atoms with Gasteiger partial charge >= 0.3 is 10.9 Å². The van der Waals surface area contributed by atoms with Crippen LogP contribution in [-0.4, -0.2) is 22.5 Å². The molecule has 0 aliphatic heterocycles. The maximum Gasteiger partial charge on any atom is 0.321 e. The number of nitrogens with one attached hydrogen (secondary N) is 2. The molecule has 0 spiro atoms. The second-order valence-corrected chi connectivity index (χ2v) is 6.44. The zero-order valence-electron chi connectivity index (χ0n) is 12.3. The number of thiazole rings is 1. The summed E-state index contributed by atoms with van der Waals surface area (Å²) in [4.78, 5) is 35.0. The molecule has 1 aromatic rings. The van der Waals surface area contributed by atoms with Gasteiger partial charge < -0.3 is 5.32 Å². The summed E-state index contributed by atoms with van der Waals surface area (Å²) in [6.45, 7) is 3.75. The van der Waals surface area contributed by atoms with Gasteiger partial charge in [-0.2, -0.15) is 0 Å². The molecular formula is C14H21N3O3S. The number of imide groups is 1. The molecule has 2 rings (SSSR count). The molecule has 2 atom stereocenters. The van der Waals surface area contributed by atoms with E-state index in [4.69, 9.17) is 0 Å². The summed E-state index contributed by atoms with van der Waals surface area (Å²) in [7, 11) is 0. The molecule has 0 unspecified atom stereocenters. The summed E-state index contributed by atoms with van der Waals surface area (Å²) < 4.78 is 1.36. The average Bonchev–Trinajstić information content (AvgIpc) is 2.73. The van der Waals surface area contributed by atoms with Crippen molar-refractivity contribution in [2.75, 3.05) is 0 Å². The Bertz CT molecular complexity index is 578. The zero-order chi connectivity index (χ0) is 15.4. The number of carbonyl (C=O) groups is 2. The predicted molar refractivity (Wildman–Crippen MR) is 81.4 cm³/mol. The van der Waals surface area contributed by atoms with Crippen LogP contribution in [0, 0.1) is 12.8 Å². The number of amides is 3. The molecular weight excluding hydrogens is 290 g/mol. The number of carbonyl (C=O) groups excluding carboxylic acids is 2. The van der Waals surface area contributed by atoms with Crippen molar-refractivity contribution >= 4 is 23.3 Å². The number of aryl methyl sites for hydroxylation is 1. The SMILES string of the molecule is Cc1csc(=O)n1CC(=O)NC(=O)N[C@@H]1CCCC[C@@H]1C. The van der Waals surface area contributed by atoms with Crippen molar-refractivity contribution in [1.82, 2.24) is 15.2 Å². The lowest BCUT2D eigenvalue weighted by Crippen LogP contribution is -2.48. The lowest BCUT2D eigenvalue weighted by Gasteiger charge is -2.29. The Kier molecular flexibility index (Phi) is 5.17. The molecule has 2 N–H and O–H groups in total. The zero-order valence-corrected chi connectivity index (χ0v) is 13.2. The van der Waals surface area contributed by atoms with Crippen molar-refractivity contribution < 1.29 is 9.59 Å². The third-order valence-electron chi connectivity index (χ3n) is 3.96. The minimum atomic E-state index is -0.473. The summed E-state index contributed by atoms with van der Waals surface area (Å²) >= 11 is 1.05. The molecule has 21 heavy (non-hydrogen) atoms. The molecule has 0 aromatic carbocycles. The second kappa shape index (κ2) is 6.89. The van der Waals surface area contributed by atoms with Gasteiger partial charge in [-0.05, 0) is 25.7 Å². The highest BCUT2D eigenvalue weighted by atomic mass is 32.1. The highest BCUT2D eigenvalue weighted by molar-refractivity contribution is 7.07. The first-order valence-corrected chi connectivity index (χ1v) is 8.10. The summed E-state index contributed by atoms with van der Waals surface area (Å²) in [6, 6.07) is -0.350. The molecule has 0 saturated heterocycles. The average molecular weight is 311 g/mol. The largest absolute Gasteiger partial charge is 0.335 e. The molecule has 0 bridgehead atoms. The monoisotopic (exact) mass is 311 g/mol. The van der Waals surface area contributed by atoms with Crippen LogP contribution in [-0.2, 0) is 11.3 Å². The third kappa shape index (κ3) is 4.17. The fourth-order valence-electron chi connectivity index (χ4n) is 2.64. The van der Waals surface area contributed by atoms with E-state index in [0.717, 1.165) is 36.3 Å². The van der Waals surface area contributed by atoms with Gasteiger partial charge in [0, 0.05) is 17.1 Å². The minimum absolute atomic E-state index is 0.122. The molecule has 0 radical (unpaired) electrons. The van der Waals surface area contributed by atoms with Crippen LogP contribution in [0.3, 0.4) is 0 Å². The van der Waals surface area contributed by atoms with Crippen LogP contribution in [0.5, 0.6) is 0 Å².